The van der Waals surface area contributed by atoms with Gasteiger partial charge in [0, 0.05) is 36.5 Å². The zero-order chi connectivity index (χ0) is 20.8. The lowest BCUT2D eigenvalue weighted by molar-refractivity contribution is -0.119. The zero-order valence-corrected chi connectivity index (χ0v) is 17.4. The maximum atomic E-state index is 12.6. The van der Waals surface area contributed by atoms with Crippen molar-refractivity contribution in [2.75, 3.05) is 5.32 Å². The number of nitrogens with zero attached hydrogens (tertiary/aromatic N) is 1. The lowest BCUT2D eigenvalue weighted by Crippen LogP contribution is -2.06. The molecule has 0 bridgehead atoms. The Hall–Kier alpha value is -3.01. The minimum Gasteiger partial charge on any atom is -0.354 e. The summed E-state index contributed by atoms with van der Waals surface area (Å²) in [6.07, 6.45) is 4.85. The van der Waals surface area contributed by atoms with Crippen LogP contribution in [0.25, 0.3) is 10.9 Å². The van der Waals surface area contributed by atoms with Gasteiger partial charge in [-0.3, -0.25) is 14.6 Å². The number of benzene rings is 2. The van der Waals surface area contributed by atoms with Crippen molar-refractivity contribution >= 4 is 33.8 Å². The third-order valence-corrected chi connectivity index (χ3v) is 5.19. The normalized spacial score (nSPS) is 10.9. The number of rotatable bonds is 9. The average molecular weight is 389 g/mol. The van der Waals surface area contributed by atoms with Crippen LogP contribution in [0.15, 0.2) is 48.7 Å². The highest BCUT2D eigenvalue weighted by Crippen LogP contribution is 2.32. The summed E-state index contributed by atoms with van der Waals surface area (Å²) in [5.74, 6) is 0.348. The number of hydrogen-bond donors (Lipinski definition) is 1. The summed E-state index contributed by atoms with van der Waals surface area (Å²) in [4.78, 5) is 29.1. The Morgan fingerprint density at radius 2 is 1.79 bits per heavy atom. The summed E-state index contributed by atoms with van der Waals surface area (Å²) >= 11 is 0. The number of pyridine rings is 1. The van der Waals surface area contributed by atoms with E-state index in [1.807, 2.05) is 50.2 Å². The molecule has 0 saturated carbocycles. The summed E-state index contributed by atoms with van der Waals surface area (Å²) in [5.41, 5.74) is 5.40. The Morgan fingerprint density at radius 3 is 2.48 bits per heavy atom. The molecule has 0 aliphatic heterocycles. The van der Waals surface area contributed by atoms with Gasteiger partial charge in [0.05, 0.1) is 16.8 Å². The van der Waals surface area contributed by atoms with Crippen molar-refractivity contribution in [2.24, 2.45) is 0 Å². The van der Waals surface area contributed by atoms with Crippen LogP contribution in [0.4, 0.5) is 11.4 Å². The Bertz CT molecular complexity index is 1030. The molecule has 0 aliphatic rings. The number of aryl methyl sites for hydroxylation is 2. The van der Waals surface area contributed by atoms with Crippen molar-refractivity contribution in [3.8, 4) is 0 Å². The van der Waals surface area contributed by atoms with Gasteiger partial charge < -0.3 is 5.32 Å². The third kappa shape index (κ3) is 4.89. The van der Waals surface area contributed by atoms with Crippen molar-refractivity contribution in [3.05, 3.63) is 65.4 Å². The van der Waals surface area contributed by atoms with Gasteiger partial charge in [-0.05, 0) is 55.2 Å². The second-order valence-corrected chi connectivity index (χ2v) is 7.40. The van der Waals surface area contributed by atoms with Crippen LogP contribution in [-0.2, 0) is 11.2 Å². The molecule has 0 amide bonds. The molecule has 1 heterocycles. The second-order valence-electron chi connectivity index (χ2n) is 7.40. The van der Waals surface area contributed by atoms with Crippen LogP contribution in [0, 0.1) is 6.92 Å². The number of carbonyl (C=O) groups excluding carboxylic acids is 2. The number of carbonyl (C=O) groups is 2. The van der Waals surface area contributed by atoms with Crippen molar-refractivity contribution in [3.63, 3.8) is 0 Å². The fourth-order valence-corrected chi connectivity index (χ4v) is 3.54. The van der Waals surface area contributed by atoms with Crippen molar-refractivity contribution in [2.45, 2.75) is 52.9 Å². The van der Waals surface area contributed by atoms with Gasteiger partial charge in [-0.1, -0.05) is 32.0 Å². The Morgan fingerprint density at radius 1 is 1.03 bits per heavy atom. The fourth-order valence-electron chi connectivity index (χ4n) is 3.54. The van der Waals surface area contributed by atoms with E-state index in [2.05, 4.69) is 23.3 Å². The highest BCUT2D eigenvalue weighted by atomic mass is 16.1. The molecular weight excluding hydrogens is 360 g/mol. The lowest BCUT2D eigenvalue weighted by atomic mass is 9.96. The van der Waals surface area contributed by atoms with E-state index < -0.39 is 0 Å². The van der Waals surface area contributed by atoms with Crippen LogP contribution < -0.4 is 5.32 Å². The van der Waals surface area contributed by atoms with E-state index in [0.717, 1.165) is 39.8 Å². The largest absolute Gasteiger partial charge is 0.354 e. The number of nitrogens with one attached hydrogen (secondary N) is 1. The summed E-state index contributed by atoms with van der Waals surface area (Å²) in [6, 6.07) is 14.0. The van der Waals surface area contributed by atoms with Crippen LogP contribution in [0.1, 0.15) is 61.0 Å². The van der Waals surface area contributed by atoms with Crippen molar-refractivity contribution in [1.29, 1.82) is 0 Å². The molecule has 0 spiro atoms. The lowest BCUT2D eigenvalue weighted by Gasteiger charge is -2.16. The van der Waals surface area contributed by atoms with Gasteiger partial charge in [0.15, 0.2) is 5.78 Å². The van der Waals surface area contributed by atoms with Gasteiger partial charge in [0.1, 0.15) is 5.78 Å². The Labute approximate surface area is 172 Å². The number of para-hydroxylation sites is 1. The van der Waals surface area contributed by atoms with Crippen LogP contribution in [0.3, 0.4) is 0 Å². The Kier molecular flexibility index (Phi) is 6.76. The molecule has 0 radical (unpaired) electrons. The number of anilines is 2. The molecule has 4 nitrogen and oxygen atoms in total. The zero-order valence-electron chi connectivity index (χ0n) is 17.4. The molecule has 4 heteroatoms. The van der Waals surface area contributed by atoms with Crippen LogP contribution in [0.2, 0.25) is 0 Å². The summed E-state index contributed by atoms with van der Waals surface area (Å²) < 4.78 is 0. The molecule has 3 aromatic rings. The average Bonchev–Trinajstić information content (AvgIpc) is 2.73. The molecule has 3 rings (SSSR count). The molecule has 0 unspecified atom stereocenters. The molecule has 2 aromatic carbocycles. The second kappa shape index (κ2) is 9.46. The van der Waals surface area contributed by atoms with Crippen molar-refractivity contribution in [1.82, 2.24) is 4.98 Å². The third-order valence-electron chi connectivity index (χ3n) is 5.19. The number of hydrogen-bond acceptors (Lipinski definition) is 4. The smallest absolute Gasteiger partial charge is 0.166 e. The summed E-state index contributed by atoms with van der Waals surface area (Å²) in [7, 11) is 0. The van der Waals surface area contributed by atoms with E-state index >= 15 is 0 Å². The minimum atomic E-state index is 0.0538. The van der Waals surface area contributed by atoms with E-state index in [1.54, 1.807) is 6.20 Å². The van der Waals surface area contributed by atoms with Gasteiger partial charge in [-0.15, -0.1) is 0 Å². The number of aromatic nitrogens is 1. The minimum absolute atomic E-state index is 0.0538. The maximum Gasteiger partial charge on any atom is 0.166 e. The van der Waals surface area contributed by atoms with Crippen molar-refractivity contribution < 1.29 is 9.59 Å². The highest BCUT2D eigenvalue weighted by Gasteiger charge is 2.16. The summed E-state index contributed by atoms with van der Waals surface area (Å²) in [5, 5.41) is 4.35. The summed E-state index contributed by atoms with van der Waals surface area (Å²) in [6.45, 7) is 5.94. The van der Waals surface area contributed by atoms with Gasteiger partial charge >= 0.3 is 0 Å². The van der Waals surface area contributed by atoms with Gasteiger partial charge in [-0.25, -0.2) is 0 Å². The van der Waals surface area contributed by atoms with E-state index in [1.165, 1.54) is 0 Å². The first kappa shape index (κ1) is 20.7. The molecule has 1 N–H and O–H groups in total. The van der Waals surface area contributed by atoms with Gasteiger partial charge in [0.2, 0.25) is 0 Å². The maximum absolute atomic E-state index is 12.6. The molecular formula is C25H28N2O2. The Balaban J connectivity index is 2.08. The molecule has 150 valence electrons. The highest BCUT2D eigenvalue weighted by molar-refractivity contribution is 6.09. The van der Waals surface area contributed by atoms with Crippen LogP contribution >= 0.6 is 0 Å². The molecule has 1 aromatic heterocycles. The standard InChI is InChI=1S/C25H28N2O2/c1-4-9-20(28)13-12-18-15-21-23(14-17(18)3)26-16-22(24(29)5-2)25(21)27-19-10-7-6-8-11-19/h6-8,10-11,14-16H,4-5,9,12-13H2,1-3H3,(H,26,27). The van der Waals surface area contributed by atoms with Gasteiger partial charge in [-0.2, -0.15) is 0 Å². The molecule has 0 saturated heterocycles. The quantitative estimate of drug-likeness (QED) is 0.445. The predicted molar refractivity (Wildman–Crippen MR) is 119 cm³/mol. The molecule has 0 atom stereocenters. The first-order chi connectivity index (χ1) is 14.0. The number of ketones is 2. The monoisotopic (exact) mass is 388 g/mol. The topological polar surface area (TPSA) is 59.1 Å². The molecule has 0 aliphatic carbocycles. The SMILES string of the molecule is CCCC(=O)CCc1cc2c(Nc3ccccc3)c(C(=O)CC)cnc2cc1C. The van der Waals surface area contributed by atoms with E-state index in [0.29, 0.717) is 37.0 Å². The van der Waals surface area contributed by atoms with E-state index in [4.69, 9.17) is 0 Å². The van der Waals surface area contributed by atoms with E-state index in [9.17, 15) is 9.59 Å². The first-order valence-corrected chi connectivity index (χ1v) is 10.3. The predicted octanol–water partition coefficient (Wildman–Crippen LogP) is 6.18. The fraction of sp³-hybridized carbons (Fsp3) is 0.320. The first-order valence-electron chi connectivity index (χ1n) is 10.3. The van der Waals surface area contributed by atoms with Crippen LogP contribution in [-0.4, -0.2) is 16.6 Å². The van der Waals surface area contributed by atoms with Crippen LogP contribution in [0.5, 0.6) is 0 Å². The number of fused-ring (bicyclic) bond motifs is 1. The molecule has 29 heavy (non-hydrogen) atoms. The van der Waals surface area contributed by atoms with E-state index in [-0.39, 0.29) is 5.78 Å². The number of Topliss-reactive ketones (excluding diaryl/α,β-unsaturated/α-hetero) is 2. The van der Waals surface area contributed by atoms with Gasteiger partial charge in [0.25, 0.3) is 0 Å². The molecule has 0 fully saturated rings.